The molecule has 1 saturated heterocycles. The van der Waals surface area contributed by atoms with Gasteiger partial charge < -0.3 is 15.0 Å². The minimum absolute atomic E-state index is 0.0372. The lowest BCUT2D eigenvalue weighted by atomic mass is 10.1. The van der Waals surface area contributed by atoms with E-state index >= 15 is 0 Å². The monoisotopic (exact) mass is 344 g/mol. The third-order valence-corrected chi connectivity index (χ3v) is 4.58. The molecule has 1 amide bonds. The van der Waals surface area contributed by atoms with Gasteiger partial charge >= 0.3 is 0 Å². The van der Waals surface area contributed by atoms with Gasteiger partial charge in [-0.1, -0.05) is 41.9 Å². The first kappa shape index (κ1) is 16.8. The van der Waals surface area contributed by atoms with E-state index in [1.54, 1.807) is 29.2 Å². The molecule has 0 radical (unpaired) electrons. The predicted octanol–water partition coefficient (Wildman–Crippen LogP) is 3.28. The highest BCUT2D eigenvalue weighted by Crippen LogP contribution is 2.26. The van der Waals surface area contributed by atoms with Crippen molar-refractivity contribution in [2.45, 2.75) is 18.6 Å². The second-order valence-corrected chi connectivity index (χ2v) is 6.39. The van der Waals surface area contributed by atoms with Crippen LogP contribution in [0, 0.1) is 0 Å². The number of likely N-dealkylation sites (N-methyl/N-ethyl adjacent to an activating group) is 1. The average Bonchev–Trinajstić information content (AvgIpc) is 3.15. The van der Waals surface area contributed by atoms with Crippen LogP contribution in [0.1, 0.15) is 18.1 Å². The van der Waals surface area contributed by atoms with Gasteiger partial charge in [0, 0.05) is 30.2 Å². The van der Waals surface area contributed by atoms with E-state index < -0.39 is 6.10 Å². The van der Waals surface area contributed by atoms with Gasteiger partial charge in [-0.2, -0.15) is 0 Å². The summed E-state index contributed by atoms with van der Waals surface area (Å²) in [6, 6.07) is 16.9. The molecule has 3 rings (SSSR count). The lowest BCUT2D eigenvalue weighted by molar-refractivity contribution is -0.139. The minimum atomic E-state index is -0.669. The van der Waals surface area contributed by atoms with E-state index in [9.17, 15) is 4.79 Å². The van der Waals surface area contributed by atoms with Crippen molar-refractivity contribution in [2.24, 2.45) is 0 Å². The van der Waals surface area contributed by atoms with Crippen molar-refractivity contribution in [3.8, 4) is 5.75 Å². The number of nitrogens with one attached hydrogen (secondary N) is 1. The van der Waals surface area contributed by atoms with Crippen LogP contribution in [0.4, 0.5) is 0 Å². The fourth-order valence-corrected chi connectivity index (χ4v) is 3.00. The van der Waals surface area contributed by atoms with Gasteiger partial charge in [0.15, 0.2) is 0 Å². The van der Waals surface area contributed by atoms with Gasteiger partial charge in [-0.15, -0.1) is 0 Å². The van der Waals surface area contributed by atoms with Gasteiger partial charge in [-0.25, -0.2) is 0 Å². The molecule has 4 nitrogen and oxygen atoms in total. The summed E-state index contributed by atoms with van der Waals surface area (Å²) in [6.07, 6.45) is 0.294. The summed E-state index contributed by atoms with van der Waals surface area (Å²) in [4.78, 5) is 14.8. The van der Waals surface area contributed by atoms with Gasteiger partial charge in [-0.3, -0.25) is 4.79 Å². The third-order valence-electron chi connectivity index (χ3n) is 4.32. The second kappa shape index (κ2) is 7.69. The highest BCUT2D eigenvalue weighted by molar-refractivity contribution is 6.30. The van der Waals surface area contributed by atoms with E-state index in [-0.39, 0.29) is 11.9 Å². The van der Waals surface area contributed by atoms with E-state index in [1.807, 2.05) is 37.4 Å². The number of halogens is 1. The number of rotatable bonds is 5. The van der Waals surface area contributed by atoms with Crippen molar-refractivity contribution in [3.05, 3.63) is 65.2 Å². The van der Waals surface area contributed by atoms with Crippen molar-refractivity contribution < 1.29 is 9.53 Å². The Hall–Kier alpha value is -2.04. The number of carbonyl (C=O) groups excluding carboxylic acids is 1. The van der Waals surface area contributed by atoms with Crippen molar-refractivity contribution in [1.29, 1.82) is 0 Å². The number of hydrogen-bond donors (Lipinski definition) is 1. The van der Waals surface area contributed by atoms with Crippen LogP contribution >= 0.6 is 11.6 Å². The van der Waals surface area contributed by atoms with Crippen LogP contribution in [0.25, 0.3) is 0 Å². The maximum atomic E-state index is 13.0. The van der Waals surface area contributed by atoms with Crippen LogP contribution in [-0.2, 0) is 4.79 Å². The van der Waals surface area contributed by atoms with Crippen molar-refractivity contribution >= 4 is 17.5 Å². The number of ether oxygens (including phenoxy) is 1. The Morgan fingerprint density at radius 1 is 1.21 bits per heavy atom. The number of carbonyl (C=O) groups is 1. The Kier molecular flexibility index (Phi) is 5.38. The predicted molar refractivity (Wildman–Crippen MR) is 95.3 cm³/mol. The summed E-state index contributed by atoms with van der Waals surface area (Å²) >= 11 is 5.93. The van der Waals surface area contributed by atoms with E-state index in [2.05, 4.69) is 5.32 Å². The zero-order valence-electron chi connectivity index (χ0n) is 13.6. The summed E-state index contributed by atoms with van der Waals surface area (Å²) < 4.78 is 6.03. The molecule has 2 aromatic rings. The molecule has 1 heterocycles. The SMILES string of the molecule is CN(C(=O)C(Oc1ccc(Cl)cc1)c1ccccc1)C1CCNC1. The van der Waals surface area contributed by atoms with Crippen LogP contribution in [0.5, 0.6) is 5.75 Å². The highest BCUT2D eigenvalue weighted by atomic mass is 35.5. The minimum Gasteiger partial charge on any atom is -0.476 e. The first-order valence-electron chi connectivity index (χ1n) is 8.09. The molecule has 0 spiro atoms. The average molecular weight is 345 g/mol. The summed E-state index contributed by atoms with van der Waals surface area (Å²) in [5.74, 6) is 0.587. The molecule has 24 heavy (non-hydrogen) atoms. The molecule has 2 atom stereocenters. The fourth-order valence-electron chi connectivity index (χ4n) is 2.87. The van der Waals surface area contributed by atoms with E-state index in [0.29, 0.717) is 10.8 Å². The molecule has 0 aromatic heterocycles. The molecule has 1 aliphatic heterocycles. The lowest BCUT2D eigenvalue weighted by Crippen LogP contribution is -2.42. The van der Waals surface area contributed by atoms with Crippen LogP contribution in [0.2, 0.25) is 5.02 Å². The quantitative estimate of drug-likeness (QED) is 0.905. The highest BCUT2D eigenvalue weighted by Gasteiger charge is 2.31. The topological polar surface area (TPSA) is 41.6 Å². The van der Waals surface area contributed by atoms with Crippen molar-refractivity contribution in [2.75, 3.05) is 20.1 Å². The van der Waals surface area contributed by atoms with Crippen molar-refractivity contribution in [3.63, 3.8) is 0 Å². The zero-order valence-corrected chi connectivity index (χ0v) is 14.4. The third kappa shape index (κ3) is 3.89. The molecular weight excluding hydrogens is 324 g/mol. The van der Waals surface area contributed by atoms with E-state index in [1.165, 1.54) is 0 Å². The first-order valence-corrected chi connectivity index (χ1v) is 8.47. The van der Waals surface area contributed by atoms with E-state index in [4.69, 9.17) is 16.3 Å². The molecule has 2 aromatic carbocycles. The van der Waals surface area contributed by atoms with Gasteiger partial charge in [0.25, 0.3) is 5.91 Å². The Morgan fingerprint density at radius 2 is 1.92 bits per heavy atom. The molecule has 1 fully saturated rings. The Balaban J connectivity index is 1.84. The molecule has 1 aliphatic rings. The fraction of sp³-hybridized carbons (Fsp3) is 0.316. The molecule has 2 unspecified atom stereocenters. The summed E-state index contributed by atoms with van der Waals surface area (Å²) in [5.41, 5.74) is 0.843. The largest absolute Gasteiger partial charge is 0.476 e. The molecule has 0 aliphatic carbocycles. The molecular formula is C19H21ClN2O2. The van der Waals surface area contributed by atoms with Gasteiger partial charge in [0.1, 0.15) is 5.75 Å². The van der Waals surface area contributed by atoms with Gasteiger partial charge in [0.05, 0.1) is 0 Å². The molecule has 1 N–H and O–H groups in total. The Bertz CT molecular complexity index is 670. The molecule has 5 heteroatoms. The van der Waals surface area contributed by atoms with Gasteiger partial charge in [0.2, 0.25) is 6.10 Å². The summed E-state index contributed by atoms with van der Waals surface area (Å²) in [7, 11) is 1.85. The second-order valence-electron chi connectivity index (χ2n) is 5.96. The summed E-state index contributed by atoms with van der Waals surface area (Å²) in [5, 5.41) is 3.93. The molecule has 0 bridgehead atoms. The standard InChI is InChI=1S/C19H21ClN2O2/c1-22(16-11-12-21-13-16)19(23)18(14-5-3-2-4-6-14)24-17-9-7-15(20)8-10-17/h2-10,16,18,21H,11-13H2,1H3. The zero-order chi connectivity index (χ0) is 16.9. The first-order chi connectivity index (χ1) is 11.6. The lowest BCUT2D eigenvalue weighted by Gasteiger charge is -2.29. The Morgan fingerprint density at radius 3 is 2.54 bits per heavy atom. The normalized spacial score (nSPS) is 18.2. The van der Waals surface area contributed by atoms with Crippen molar-refractivity contribution in [1.82, 2.24) is 10.2 Å². The maximum Gasteiger partial charge on any atom is 0.268 e. The van der Waals surface area contributed by atoms with Crippen LogP contribution in [0.3, 0.4) is 0 Å². The summed E-state index contributed by atoms with van der Waals surface area (Å²) in [6.45, 7) is 1.76. The number of amides is 1. The number of hydrogen-bond acceptors (Lipinski definition) is 3. The smallest absolute Gasteiger partial charge is 0.268 e. The Labute approximate surface area is 147 Å². The van der Waals surface area contributed by atoms with Crippen LogP contribution in [-0.4, -0.2) is 37.0 Å². The number of benzene rings is 2. The maximum absolute atomic E-state index is 13.0. The van der Waals surface area contributed by atoms with Gasteiger partial charge in [-0.05, 0) is 37.2 Å². The number of nitrogens with zero attached hydrogens (tertiary/aromatic N) is 1. The van der Waals surface area contributed by atoms with Crippen LogP contribution in [0.15, 0.2) is 54.6 Å². The molecule has 126 valence electrons. The van der Waals surface area contributed by atoms with Crippen LogP contribution < -0.4 is 10.1 Å². The molecule has 0 saturated carbocycles. The van der Waals surface area contributed by atoms with E-state index in [0.717, 1.165) is 25.1 Å².